The summed E-state index contributed by atoms with van der Waals surface area (Å²) in [6.45, 7) is 0. The van der Waals surface area contributed by atoms with Gasteiger partial charge in [-0.1, -0.05) is 12.1 Å². The van der Waals surface area contributed by atoms with Crippen molar-refractivity contribution in [3.63, 3.8) is 0 Å². The lowest BCUT2D eigenvalue weighted by Crippen LogP contribution is -2.13. The predicted molar refractivity (Wildman–Crippen MR) is 80.2 cm³/mol. The molecule has 1 aromatic carbocycles. The van der Waals surface area contributed by atoms with Crippen LogP contribution in [0.2, 0.25) is 0 Å². The Hall–Kier alpha value is -3.15. The minimum atomic E-state index is -0.295. The fourth-order valence-electron chi connectivity index (χ4n) is 1.91. The van der Waals surface area contributed by atoms with Gasteiger partial charge in [0.15, 0.2) is 5.69 Å². The lowest BCUT2D eigenvalue weighted by molar-refractivity contribution is 0.102. The van der Waals surface area contributed by atoms with Gasteiger partial charge in [-0.15, -0.1) is 0 Å². The molecule has 3 aromatic rings. The maximum atomic E-state index is 12.1. The predicted octanol–water partition coefficient (Wildman–Crippen LogP) is 2.10. The number of nitrogens with one attached hydrogen (secondary N) is 1. The van der Waals surface area contributed by atoms with Crippen molar-refractivity contribution in [2.45, 2.75) is 0 Å². The van der Waals surface area contributed by atoms with Crippen molar-refractivity contribution in [2.24, 2.45) is 0 Å². The van der Waals surface area contributed by atoms with Gasteiger partial charge in [0.25, 0.3) is 5.91 Å². The van der Waals surface area contributed by atoms with Gasteiger partial charge in [-0.05, 0) is 30.3 Å². The van der Waals surface area contributed by atoms with Crippen LogP contribution in [-0.4, -0.2) is 20.7 Å². The highest BCUT2D eigenvalue weighted by Crippen LogP contribution is 2.16. The molecule has 0 bridgehead atoms. The zero-order valence-corrected chi connectivity index (χ0v) is 11.1. The topological polar surface area (TPSA) is 85.8 Å². The normalized spacial score (nSPS) is 10.3. The Morgan fingerprint density at radius 2 is 2.00 bits per heavy atom. The third-order valence-corrected chi connectivity index (χ3v) is 2.92. The second-order valence-corrected chi connectivity index (χ2v) is 4.40. The first-order chi connectivity index (χ1) is 10.2. The molecule has 6 heteroatoms. The third-order valence-electron chi connectivity index (χ3n) is 2.92. The van der Waals surface area contributed by atoms with Gasteiger partial charge in [0, 0.05) is 12.4 Å². The van der Waals surface area contributed by atoms with Crippen LogP contribution in [0.3, 0.4) is 0 Å². The second kappa shape index (κ2) is 5.46. The van der Waals surface area contributed by atoms with Crippen molar-refractivity contribution in [3.05, 3.63) is 66.7 Å². The third kappa shape index (κ3) is 2.74. The summed E-state index contributed by atoms with van der Waals surface area (Å²) in [5, 5.41) is 6.97. The zero-order valence-electron chi connectivity index (χ0n) is 11.1. The first-order valence-electron chi connectivity index (χ1n) is 6.36. The standard InChI is InChI=1S/C15H13N5O/c16-12-5-1-2-6-14(12)20-9-7-13(19-20)15(21)18-11-4-3-8-17-10-11/h1-10H,16H2,(H,18,21). The number of hydrogen-bond acceptors (Lipinski definition) is 4. The van der Waals surface area contributed by atoms with Crippen molar-refractivity contribution < 1.29 is 4.79 Å². The Kier molecular flexibility index (Phi) is 3.34. The molecule has 0 aliphatic carbocycles. The molecule has 1 amide bonds. The Bertz CT molecular complexity index is 766. The molecule has 0 aliphatic rings. The van der Waals surface area contributed by atoms with Gasteiger partial charge < -0.3 is 11.1 Å². The van der Waals surface area contributed by atoms with E-state index in [1.165, 1.54) is 0 Å². The smallest absolute Gasteiger partial charge is 0.276 e. The molecule has 0 saturated heterocycles. The van der Waals surface area contributed by atoms with Crippen molar-refractivity contribution in [1.29, 1.82) is 0 Å². The van der Waals surface area contributed by atoms with E-state index in [2.05, 4.69) is 15.4 Å². The molecule has 104 valence electrons. The van der Waals surface area contributed by atoms with E-state index in [0.29, 0.717) is 17.1 Å². The van der Waals surface area contributed by atoms with Crippen LogP contribution in [-0.2, 0) is 0 Å². The van der Waals surface area contributed by atoms with Crippen molar-refractivity contribution >= 4 is 17.3 Å². The van der Waals surface area contributed by atoms with E-state index in [0.717, 1.165) is 5.69 Å². The fourth-order valence-corrected chi connectivity index (χ4v) is 1.91. The number of nitrogens with zero attached hydrogens (tertiary/aromatic N) is 3. The molecule has 0 saturated carbocycles. The summed E-state index contributed by atoms with van der Waals surface area (Å²) in [6.07, 6.45) is 4.91. The first-order valence-corrected chi connectivity index (χ1v) is 6.36. The summed E-state index contributed by atoms with van der Waals surface area (Å²) in [6, 6.07) is 12.5. The Labute approximate surface area is 121 Å². The van der Waals surface area contributed by atoms with Gasteiger partial charge in [0.05, 0.1) is 23.3 Å². The van der Waals surface area contributed by atoms with Gasteiger partial charge in [0.2, 0.25) is 0 Å². The largest absolute Gasteiger partial charge is 0.397 e. The second-order valence-electron chi connectivity index (χ2n) is 4.40. The summed E-state index contributed by atoms with van der Waals surface area (Å²) in [7, 11) is 0. The van der Waals surface area contributed by atoms with E-state index in [-0.39, 0.29) is 5.91 Å². The highest BCUT2D eigenvalue weighted by Gasteiger charge is 2.11. The summed E-state index contributed by atoms with van der Waals surface area (Å²) in [5.41, 5.74) is 8.15. The van der Waals surface area contributed by atoms with Crippen LogP contribution in [0, 0.1) is 0 Å². The number of hydrogen-bond donors (Lipinski definition) is 2. The van der Waals surface area contributed by atoms with Gasteiger partial charge in [0.1, 0.15) is 0 Å². The number of aromatic nitrogens is 3. The molecule has 0 atom stereocenters. The number of pyridine rings is 1. The summed E-state index contributed by atoms with van der Waals surface area (Å²) < 4.78 is 1.58. The molecule has 21 heavy (non-hydrogen) atoms. The number of carbonyl (C=O) groups is 1. The average Bonchev–Trinajstić information content (AvgIpc) is 2.98. The summed E-state index contributed by atoms with van der Waals surface area (Å²) in [4.78, 5) is 16.0. The molecule has 0 aliphatic heterocycles. The molecule has 0 fully saturated rings. The van der Waals surface area contributed by atoms with Gasteiger partial charge in [-0.3, -0.25) is 9.78 Å². The summed E-state index contributed by atoms with van der Waals surface area (Å²) >= 11 is 0. The average molecular weight is 279 g/mol. The number of nitrogens with two attached hydrogens (primary N) is 1. The Balaban J connectivity index is 1.82. The minimum absolute atomic E-state index is 0.295. The maximum Gasteiger partial charge on any atom is 0.276 e. The Morgan fingerprint density at radius 3 is 2.76 bits per heavy atom. The van der Waals surface area contributed by atoms with E-state index in [9.17, 15) is 4.79 Å². The van der Waals surface area contributed by atoms with Gasteiger partial charge in [-0.2, -0.15) is 5.10 Å². The SMILES string of the molecule is Nc1ccccc1-n1ccc(C(=O)Nc2cccnc2)n1. The number of anilines is 2. The van der Waals surface area contributed by atoms with Crippen LogP contribution in [0.4, 0.5) is 11.4 Å². The first kappa shape index (κ1) is 12.9. The molecule has 0 radical (unpaired) electrons. The van der Waals surface area contributed by atoms with Crippen LogP contribution in [0.5, 0.6) is 0 Å². The van der Waals surface area contributed by atoms with Crippen LogP contribution in [0.1, 0.15) is 10.5 Å². The molecule has 0 unspecified atom stereocenters. The number of carbonyl (C=O) groups excluding carboxylic acids is 1. The number of rotatable bonds is 3. The molecular weight excluding hydrogens is 266 g/mol. The van der Waals surface area contributed by atoms with Gasteiger partial charge in [-0.25, -0.2) is 4.68 Å². The highest BCUT2D eigenvalue weighted by molar-refractivity contribution is 6.02. The molecule has 3 rings (SSSR count). The van der Waals surface area contributed by atoms with E-state index in [1.54, 1.807) is 47.5 Å². The zero-order chi connectivity index (χ0) is 14.7. The molecule has 3 N–H and O–H groups in total. The molecular formula is C15H13N5O. The van der Waals surface area contributed by atoms with Gasteiger partial charge >= 0.3 is 0 Å². The fraction of sp³-hybridized carbons (Fsp3) is 0. The van der Waals surface area contributed by atoms with E-state index in [1.807, 2.05) is 18.2 Å². The lowest BCUT2D eigenvalue weighted by Gasteiger charge is -2.05. The number of para-hydroxylation sites is 2. The lowest BCUT2D eigenvalue weighted by atomic mass is 10.3. The van der Waals surface area contributed by atoms with Crippen LogP contribution < -0.4 is 11.1 Å². The summed E-state index contributed by atoms with van der Waals surface area (Å²) in [5.74, 6) is -0.295. The van der Waals surface area contributed by atoms with Crippen LogP contribution in [0.25, 0.3) is 5.69 Å². The molecule has 6 nitrogen and oxygen atoms in total. The van der Waals surface area contributed by atoms with E-state index in [4.69, 9.17) is 5.73 Å². The minimum Gasteiger partial charge on any atom is -0.397 e. The van der Waals surface area contributed by atoms with Crippen LogP contribution in [0.15, 0.2) is 61.1 Å². The molecule has 2 aromatic heterocycles. The highest BCUT2D eigenvalue weighted by atomic mass is 16.1. The van der Waals surface area contributed by atoms with Crippen molar-refractivity contribution in [1.82, 2.24) is 14.8 Å². The number of amides is 1. The molecule has 0 spiro atoms. The monoisotopic (exact) mass is 279 g/mol. The quantitative estimate of drug-likeness (QED) is 0.719. The van der Waals surface area contributed by atoms with E-state index < -0.39 is 0 Å². The number of nitrogen functional groups attached to an aromatic ring is 1. The van der Waals surface area contributed by atoms with Crippen molar-refractivity contribution in [2.75, 3.05) is 11.1 Å². The van der Waals surface area contributed by atoms with E-state index >= 15 is 0 Å². The molecule has 2 heterocycles. The van der Waals surface area contributed by atoms with Crippen LogP contribution >= 0.6 is 0 Å². The number of benzene rings is 1. The van der Waals surface area contributed by atoms with Crippen molar-refractivity contribution in [3.8, 4) is 5.69 Å². The maximum absolute atomic E-state index is 12.1. The Morgan fingerprint density at radius 1 is 1.14 bits per heavy atom.